The molecule has 6 bridgehead atoms. The molecule has 49 heavy (non-hydrogen) atoms. The van der Waals surface area contributed by atoms with Crippen molar-refractivity contribution in [2.24, 2.45) is 23.7 Å². The molecule has 3 aromatic rings. The smallest absolute Gasteiger partial charge is 0.312 e. The molecule has 2 aromatic carbocycles. The molecule has 0 aliphatic carbocycles. The minimum absolute atomic E-state index is 0.0169. The van der Waals surface area contributed by atoms with E-state index in [9.17, 15) is 30.0 Å². The fourth-order valence-electron chi connectivity index (χ4n) is 6.89. The molecule has 12 heteroatoms. The lowest BCUT2D eigenvalue weighted by Gasteiger charge is -2.38. The van der Waals surface area contributed by atoms with Crippen molar-refractivity contribution in [1.82, 2.24) is 4.98 Å². The predicted molar refractivity (Wildman–Crippen MR) is 181 cm³/mol. The summed E-state index contributed by atoms with van der Waals surface area (Å²) in [5, 5.41) is 45.4. The molecule has 12 nitrogen and oxygen atoms in total. The van der Waals surface area contributed by atoms with Crippen molar-refractivity contribution in [1.29, 1.82) is 0 Å². The van der Waals surface area contributed by atoms with Gasteiger partial charge in [0.25, 0.3) is 5.78 Å². The number of phenolic OH excluding ortho intramolecular Hbond substituents is 2. The van der Waals surface area contributed by atoms with Crippen molar-refractivity contribution in [3.63, 3.8) is 0 Å². The van der Waals surface area contributed by atoms with Gasteiger partial charge in [0.1, 0.15) is 28.9 Å². The number of rotatable bonds is 2. The average molecular weight is 680 g/mol. The van der Waals surface area contributed by atoms with Gasteiger partial charge in [0, 0.05) is 67.2 Å². The second-order valence-corrected chi connectivity index (χ2v) is 13.4. The van der Waals surface area contributed by atoms with E-state index in [1.54, 1.807) is 58.9 Å². The molecule has 0 spiro atoms. The largest absolute Gasteiger partial charge is 0.507 e. The van der Waals surface area contributed by atoms with Crippen LogP contribution in [0.5, 0.6) is 17.2 Å². The van der Waals surface area contributed by atoms with Crippen LogP contribution in [0.3, 0.4) is 0 Å². The van der Waals surface area contributed by atoms with Gasteiger partial charge in [-0.25, -0.2) is 4.98 Å². The van der Waals surface area contributed by atoms with E-state index in [0.29, 0.717) is 5.57 Å². The lowest BCUT2D eigenvalue weighted by Crippen LogP contribution is -2.46. The van der Waals surface area contributed by atoms with Crippen molar-refractivity contribution in [2.75, 3.05) is 7.11 Å². The topological polar surface area (TPSA) is 178 Å². The Morgan fingerprint density at radius 3 is 2.35 bits per heavy atom. The van der Waals surface area contributed by atoms with Gasteiger partial charge >= 0.3 is 11.8 Å². The predicted octanol–water partition coefficient (Wildman–Crippen LogP) is 5.71. The number of benzene rings is 2. The van der Waals surface area contributed by atoms with Gasteiger partial charge in [0.05, 0.1) is 35.5 Å². The highest BCUT2D eigenvalue weighted by molar-refractivity contribution is 6.23. The fraction of sp³-hybridized carbons (Fsp3) is 0.486. The zero-order chi connectivity index (χ0) is 36.1. The maximum atomic E-state index is 14.0. The second-order valence-electron chi connectivity index (χ2n) is 13.4. The fourth-order valence-corrected chi connectivity index (χ4v) is 6.89. The summed E-state index contributed by atoms with van der Waals surface area (Å²) in [6.07, 6.45) is 4.52. The molecule has 9 atom stereocenters. The molecule has 2 aliphatic heterocycles. The molecule has 1 aromatic heterocycles. The highest BCUT2D eigenvalue weighted by Gasteiger charge is 2.49. The van der Waals surface area contributed by atoms with Crippen LogP contribution in [0.25, 0.3) is 27.4 Å². The van der Waals surface area contributed by atoms with Crippen LogP contribution in [0.2, 0.25) is 0 Å². The van der Waals surface area contributed by atoms with Crippen LogP contribution < -0.4 is 4.74 Å². The van der Waals surface area contributed by atoms with E-state index in [2.05, 4.69) is 4.98 Å². The standard InChI is InChI=1S/C37H45NO11/c1-16-11-10-12-17(2)36-38-23-15-24(40)26-27(34(23)48-36)31(43)21(6)33-28(26)35(44)37(8,49-33)46-14-13-25(45-9)18(3)32(47-22(7)39)20(5)30(42)19(4)29(16)41/h10-16,18-20,25,29-30,32,40-43H,1-9H3/t16-,18-,19-,20-,25+,29-,30-,32-,37-/m0/s1. The van der Waals surface area contributed by atoms with Crippen LogP contribution in [0.4, 0.5) is 0 Å². The number of allylic oxidation sites excluding steroid dienone is 3. The molecule has 0 radical (unpaired) electrons. The first-order chi connectivity index (χ1) is 23.0. The molecule has 2 aliphatic rings. The number of hydrogen-bond donors (Lipinski definition) is 4. The number of aliphatic hydroxyl groups is 2. The summed E-state index contributed by atoms with van der Waals surface area (Å²) in [5.74, 6) is -5.46. The Balaban J connectivity index is 1.68. The maximum Gasteiger partial charge on any atom is 0.312 e. The number of carbonyl (C=O) groups is 2. The van der Waals surface area contributed by atoms with Crippen molar-refractivity contribution >= 4 is 39.2 Å². The first-order valence-corrected chi connectivity index (χ1v) is 16.3. The monoisotopic (exact) mass is 679 g/mol. The Morgan fingerprint density at radius 2 is 1.69 bits per heavy atom. The SMILES string of the molecule is CO[C@@H]1C=CO[C@@]2(C)Oc3c(C)c(O)c4c(c(O)cc5nc(oc54)C(C)=CC=C[C@H](C)[C@H](O)[C@H](C)[C@H](O)[C@H](C)[C@@H](OC(C)=O)[C@H]1C)c3C2=O. The molecule has 0 unspecified atom stereocenters. The van der Waals surface area contributed by atoms with Crippen LogP contribution in [0, 0.1) is 30.6 Å². The number of esters is 1. The number of carbonyl (C=O) groups excluding carboxylic acids is 2. The first-order valence-electron chi connectivity index (χ1n) is 16.3. The highest BCUT2D eigenvalue weighted by Crippen LogP contribution is 2.51. The maximum absolute atomic E-state index is 14.0. The van der Waals surface area contributed by atoms with Crippen LogP contribution in [-0.2, 0) is 19.0 Å². The van der Waals surface area contributed by atoms with E-state index < -0.39 is 59.7 Å². The van der Waals surface area contributed by atoms with Gasteiger partial charge in [-0.3, -0.25) is 9.59 Å². The second kappa shape index (κ2) is 13.5. The molecule has 264 valence electrons. The van der Waals surface area contributed by atoms with Crippen molar-refractivity contribution < 1.29 is 53.4 Å². The molecule has 0 amide bonds. The summed E-state index contributed by atoms with van der Waals surface area (Å²) in [4.78, 5) is 30.8. The number of nitrogens with zero attached hydrogens (tertiary/aromatic N) is 1. The quantitative estimate of drug-likeness (QED) is 0.243. The Kier molecular flexibility index (Phi) is 9.89. The number of methoxy groups -OCH3 is 1. The Morgan fingerprint density at radius 1 is 1.00 bits per heavy atom. The summed E-state index contributed by atoms with van der Waals surface area (Å²) in [6.45, 7) is 13.2. The summed E-state index contributed by atoms with van der Waals surface area (Å²) in [5.41, 5.74) is 1.30. The Labute approximate surface area is 284 Å². The van der Waals surface area contributed by atoms with Gasteiger partial charge in [-0.1, -0.05) is 45.9 Å². The molecule has 0 fully saturated rings. The van der Waals surface area contributed by atoms with Crippen LogP contribution in [0.1, 0.15) is 70.3 Å². The third-order valence-corrected chi connectivity index (χ3v) is 9.95. The van der Waals surface area contributed by atoms with Crippen LogP contribution >= 0.6 is 0 Å². The molecule has 0 saturated carbocycles. The number of hydrogen-bond acceptors (Lipinski definition) is 12. The third kappa shape index (κ3) is 6.28. The van der Waals surface area contributed by atoms with Gasteiger partial charge in [-0.15, -0.1) is 0 Å². The molecule has 4 N–H and O–H groups in total. The number of phenols is 2. The van der Waals surface area contributed by atoms with Gasteiger partial charge in [-0.05, 0) is 19.9 Å². The van der Waals surface area contributed by atoms with E-state index in [0.717, 1.165) is 0 Å². The van der Waals surface area contributed by atoms with Gasteiger partial charge < -0.3 is 43.8 Å². The minimum Gasteiger partial charge on any atom is -0.507 e. The number of ketones is 1. The number of ether oxygens (including phenoxy) is 4. The van der Waals surface area contributed by atoms with Crippen molar-refractivity contribution in [2.45, 2.75) is 85.6 Å². The summed E-state index contributed by atoms with van der Waals surface area (Å²) < 4.78 is 29.6. The Hall–Kier alpha value is -4.39. The van der Waals surface area contributed by atoms with E-state index in [-0.39, 0.29) is 62.1 Å². The number of aromatic nitrogens is 1. The number of aliphatic hydroxyl groups excluding tert-OH is 2. The zero-order valence-corrected chi connectivity index (χ0v) is 29.2. The summed E-state index contributed by atoms with van der Waals surface area (Å²) >= 11 is 0. The van der Waals surface area contributed by atoms with E-state index >= 15 is 0 Å². The van der Waals surface area contributed by atoms with Gasteiger partial charge in [-0.2, -0.15) is 0 Å². The minimum atomic E-state index is -1.89. The lowest BCUT2D eigenvalue weighted by molar-refractivity contribution is -0.160. The number of aromatic hydroxyl groups is 2. The highest BCUT2D eigenvalue weighted by atomic mass is 16.7. The number of oxazole rings is 1. The van der Waals surface area contributed by atoms with Crippen molar-refractivity contribution in [3.8, 4) is 17.2 Å². The summed E-state index contributed by atoms with van der Waals surface area (Å²) in [6, 6.07) is 1.36. The molecular weight excluding hydrogens is 634 g/mol. The first kappa shape index (κ1) is 35.9. The average Bonchev–Trinajstić information content (AvgIpc) is 3.60. The Bertz CT molecular complexity index is 1870. The van der Waals surface area contributed by atoms with Gasteiger partial charge in [0.2, 0.25) is 5.89 Å². The normalized spacial score (nSPS) is 31.1. The van der Waals surface area contributed by atoms with Crippen LogP contribution in [-0.4, -0.2) is 74.5 Å². The van der Waals surface area contributed by atoms with Crippen molar-refractivity contribution in [3.05, 3.63) is 53.7 Å². The van der Waals surface area contributed by atoms with E-state index in [1.807, 2.05) is 6.92 Å². The number of Topliss-reactive ketones (excluding diaryl/α,β-unsaturated/α-hetero) is 1. The van der Waals surface area contributed by atoms with E-state index in [1.165, 1.54) is 33.3 Å². The van der Waals surface area contributed by atoms with Gasteiger partial charge in [0.15, 0.2) is 5.58 Å². The zero-order valence-electron chi connectivity index (χ0n) is 29.2. The van der Waals surface area contributed by atoms with E-state index in [4.69, 9.17) is 23.4 Å². The number of fused-ring (bicyclic) bond motifs is 2. The lowest BCUT2D eigenvalue weighted by atomic mass is 9.78. The van der Waals surface area contributed by atoms with Crippen LogP contribution in [0.15, 0.2) is 41.0 Å². The third-order valence-electron chi connectivity index (χ3n) is 9.95. The molecule has 5 rings (SSSR count). The molecular formula is C37H45NO11. The summed E-state index contributed by atoms with van der Waals surface area (Å²) in [7, 11) is 1.46. The molecule has 3 heterocycles. The molecule has 0 saturated heterocycles.